The highest BCUT2D eigenvalue weighted by molar-refractivity contribution is 6.45. The Morgan fingerprint density at radius 1 is 1.17 bits per heavy atom. The van der Waals surface area contributed by atoms with Crippen LogP contribution >= 0.6 is 23.2 Å². The van der Waals surface area contributed by atoms with Crippen molar-refractivity contribution in [2.24, 2.45) is 5.73 Å². The molecule has 0 aliphatic rings. The lowest BCUT2D eigenvalue weighted by Gasteiger charge is -2.15. The average molecular weight is 283 g/mol. The van der Waals surface area contributed by atoms with Gasteiger partial charge in [0.1, 0.15) is 0 Å². The first-order valence-corrected chi connectivity index (χ1v) is 6.71. The molecule has 2 rings (SSSR count). The maximum Gasteiger partial charge on any atom is 0.0910 e. The fraction of sp³-hybridized carbons (Fsp3) is 0.357. The summed E-state index contributed by atoms with van der Waals surface area (Å²) in [7, 11) is 0. The first-order valence-electron chi connectivity index (χ1n) is 5.96. The van der Waals surface area contributed by atoms with Gasteiger partial charge in [-0.3, -0.25) is 4.98 Å². The lowest BCUT2D eigenvalue weighted by molar-refractivity contribution is 0.794. The molecule has 18 heavy (non-hydrogen) atoms. The van der Waals surface area contributed by atoms with E-state index >= 15 is 0 Å². The number of hydrogen-bond acceptors (Lipinski definition) is 2. The second kappa shape index (κ2) is 5.04. The molecule has 1 aromatic heterocycles. The van der Waals surface area contributed by atoms with E-state index in [2.05, 4.69) is 24.9 Å². The molecule has 1 aromatic carbocycles. The summed E-state index contributed by atoms with van der Waals surface area (Å²) in [4.78, 5) is 4.61. The highest BCUT2D eigenvalue weighted by Crippen LogP contribution is 2.34. The standard InChI is InChI=1S/C14H16Cl2N2/c1-7(2)12-6-10(8(3)17)9-4-5-11(15)13(16)14(9)18-12/h4-8H,17H2,1-3H3. The molecule has 1 atom stereocenters. The maximum absolute atomic E-state index is 6.24. The van der Waals surface area contributed by atoms with Crippen LogP contribution in [0, 0.1) is 0 Å². The van der Waals surface area contributed by atoms with Gasteiger partial charge in [-0.25, -0.2) is 0 Å². The maximum atomic E-state index is 6.24. The summed E-state index contributed by atoms with van der Waals surface area (Å²) in [5.74, 6) is 0.321. The summed E-state index contributed by atoms with van der Waals surface area (Å²) in [6.45, 7) is 6.15. The minimum atomic E-state index is -0.0646. The van der Waals surface area contributed by atoms with E-state index in [1.807, 2.05) is 13.0 Å². The molecule has 0 aliphatic heterocycles. The van der Waals surface area contributed by atoms with Crippen molar-refractivity contribution in [1.29, 1.82) is 0 Å². The molecule has 0 aliphatic carbocycles. The summed E-state index contributed by atoms with van der Waals surface area (Å²) in [5, 5.41) is 2.00. The SMILES string of the molecule is CC(C)c1cc(C(C)N)c2ccc(Cl)c(Cl)c2n1. The van der Waals surface area contributed by atoms with Crippen LogP contribution in [0.2, 0.25) is 10.0 Å². The summed E-state index contributed by atoms with van der Waals surface area (Å²) in [6.07, 6.45) is 0. The number of hydrogen-bond donors (Lipinski definition) is 1. The first kappa shape index (κ1) is 13.6. The van der Waals surface area contributed by atoms with Crippen LogP contribution in [-0.4, -0.2) is 4.98 Å². The number of halogens is 2. The van der Waals surface area contributed by atoms with Crippen LogP contribution in [0.4, 0.5) is 0 Å². The molecular formula is C14H16Cl2N2. The second-order valence-electron chi connectivity index (χ2n) is 4.84. The zero-order valence-electron chi connectivity index (χ0n) is 10.7. The van der Waals surface area contributed by atoms with Crippen molar-refractivity contribution in [3.05, 3.63) is 39.5 Å². The summed E-state index contributed by atoms with van der Waals surface area (Å²) >= 11 is 12.3. The van der Waals surface area contributed by atoms with Crippen molar-refractivity contribution in [2.45, 2.75) is 32.7 Å². The molecule has 0 saturated heterocycles. The molecule has 1 heterocycles. The normalized spacial score (nSPS) is 13.3. The van der Waals surface area contributed by atoms with E-state index in [4.69, 9.17) is 28.9 Å². The molecule has 2 nitrogen and oxygen atoms in total. The molecule has 96 valence electrons. The summed E-state index contributed by atoms with van der Waals surface area (Å²) < 4.78 is 0. The van der Waals surface area contributed by atoms with Gasteiger partial charge >= 0.3 is 0 Å². The quantitative estimate of drug-likeness (QED) is 0.868. The third-order valence-corrected chi connectivity index (χ3v) is 3.80. The molecule has 0 amide bonds. The number of pyridine rings is 1. The third kappa shape index (κ3) is 2.33. The van der Waals surface area contributed by atoms with Gasteiger partial charge in [-0.05, 0) is 30.5 Å². The number of benzene rings is 1. The van der Waals surface area contributed by atoms with Crippen LogP contribution in [0.25, 0.3) is 10.9 Å². The second-order valence-corrected chi connectivity index (χ2v) is 5.62. The van der Waals surface area contributed by atoms with Gasteiger partial charge in [0.2, 0.25) is 0 Å². The van der Waals surface area contributed by atoms with Gasteiger partial charge in [0.25, 0.3) is 0 Å². The van der Waals surface area contributed by atoms with Gasteiger partial charge in [-0.15, -0.1) is 0 Å². The number of nitrogens with two attached hydrogens (primary N) is 1. The van der Waals surface area contributed by atoms with E-state index in [0.29, 0.717) is 16.0 Å². The minimum absolute atomic E-state index is 0.0646. The number of aromatic nitrogens is 1. The fourth-order valence-electron chi connectivity index (χ4n) is 1.95. The fourth-order valence-corrected chi connectivity index (χ4v) is 2.31. The van der Waals surface area contributed by atoms with E-state index in [1.54, 1.807) is 6.07 Å². The van der Waals surface area contributed by atoms with Crippen LogP contribution in [-0.2, 0) is 0 Å². The number of nitrogens with zero attached hydrogens (tertiary/aromatic N) is 1. The van der Waals surface area contributed by atoms with E-state index in [9.17, 15) is 0 Å². The van der Waals surface area contributed by atoms with Gasteiger partial charge in [-0.1, -0.05) is 43.1 Å². The predicted molar refractivity (Wildman–Crippen MR) is 78.5 cm³/mol. The summed E-state index contributed by atoms with van der Waals surface area (Å²) in [6, 6.07) is 5.71. The Morgan fingerprint density at radius 2 is 1.83 bits per heavy atom. The van der Waals surface area contributed by atoms with Crippen molar-refractivity contribution < 1.29 is 0 Å². The molecule has 2 aromatic rings. The Hall–Kier alpha value is -0.830. The van der Waals surface area contributed by atoms with Crippen LogP contribution in [0.3, 0.4) is 0 Å². The van der Waals surface area contributed by atoms with E-state index < -0.39 is 0 Å². The molecule has 0 spiro atoms. The third-order valence-electron chi connectivity index (χ3n) is 3.01. The summed E-state index contributed by atoms with van der Waals surface area (Å²) in [5.41, 5.74) is 8.81. The molecule has 2 N–H and O–H groups in total. The first-order chi connectivity index (χ1) is 8.41. The van der Waals surface area contributed by atoms with E-state index in [0.717, 1.165) is 22.2 Å². The van der Waals surface area contributed by atoms with Crippen molar-refractivity contribution in [3.8, 4) is 0 Å². The zero-order valence-corrected chi connectivity index (χ0v) is 12.2. The van der Waals surface area contributed by atoms with Gasteiger partial charge in [0.05, 0.1) is 15.6 Å². The molecule has 0 saturated carbocycles. The average Bonchev–Trinajstić information content (AvgIpc) is 2.32. The van der Waals surface area contributed by atoms with Crippen LogP contribution in [0.5, 0.6) is 0 Å². The Balaban J connectivity index is 2.85. The van der Waals surface area contributed by atoms with E-state index in [1.165, 1.54) is 0 Å². The lowest BCUT2D eigenvalue weighted by atomic mass is 9.99. The Bertz CT molecular complexity index is 592. The molecular weight excluding hydrogens is 267 g/mol. The zero-order chi connectivity index (χ0) is 13.4. The van der Waals surface area contributed by atoms with Gasteiger partial charge in [-0.2, -0.15) is 0 Å². The number of fused-ring (bicyclic) bond motifs is 1. The van der Waals surface area contributed by atoms with Gasteiger partial charge in [0, 0.05) is 17.1 Å². The number of rotatable bonds is 2. The van der Waals surface area contributed by atoms with Gasteiger partial charge in [0.15, 0.2) is 0 Å². The van der Waals surface area contributed by atoms with Crippen molar-refractivity contribution in [2.75, 3.05) is 0 Å². The van der Waals surface area contributed by atoms with Crippen LogP contribution in [0.15, 0.2) is 18.2 Å². The van der Waals surface area contributed by atoms with Crippen molar-refractivity contribution in [1.82, 2.24) is 4.98 Å². The largest absolute Gasteiger partial charge is 0.324 e. The van der Waals surface area contributed by atoms with Crippen molar-refractivity contribution >= 4 is 34.1 Å². The van der Waals surface area contributed by atoms with Crippen molar-refractivity contribution in [3.63, 3.8) is 0 Å². The van der Waals surface area contributed by atoms with E-state index in [-0.39, 0.29) is 6.04 Å². The Morgan fingerprint density at radius 3 is 2.39 bits per heavy atom. The lowest BCUT2D eigenvalue weighted by Crippen LogP contribution is -2.08. The molecule has 1 unspecified atom stereocenters. The predicted octanol–water partition coefficient (Wildman–Crippen LogP) is 4.68. The van der Waals surface area contributed by atoms with Gasteiger partial charge < -0.3 is 5.73 Å². The highest BCUT2D eigenvalue weighted by Gasteiger charge is 2.14. The van der Waals surface area contributed by atoms with Crippen LogP contribution in [0.1, 0.15) is 44.0 Å². The van der Waals surface area contributed by atoms with Crippen LogP contribution < -0.4 is 5.73 Å². The molecule has 0 radical (unpaired) electrons. The Labute approximate surface area is 117 Å². The monoisotopic (exact) mass is 282 g/mol. The smallest absolute Gasteiger partial charge is 0.0910 e. The topological polar surface area (TPSA) is 38.9 Å². The molecule has 0 bridgehead atoms. The minimum Gasteiger partial charge on any atom is -0.324 e. The molecule has 4 heteroatoms. The highest BCUT2D eigenvalue weighted by atomic mass is 35.5. The molecule has 0 fully saturated rings. The Kier molecular flexibility index (Phi) is 3.81.